The van der Waals surface area contributed by atoms with Crippen molar-refractivity contribution in [1.82, 2.24) is 0 Å². The summed E-state index contributed by atoms with van der Waals surface area (Å²) in [6.45, 7) is 2.38. The maximum atomic E-state index is 9.22. The number of hydrogen-bond acceptors (Lipinski definition) is 2. The summed E-state index contributed by atoms with van der Waals surface area (Å²) in [7, 11) is 0. The fourth-order valence-electron chi connectivity index (χ4n) is 1.65. The monoisotopic (exact) mass is 144 g/mol. The van der Waals surface area contributed by atoms with Crippen LogP contribution in [0.15, 0.2) is 0 Å². The van der Waals surface area contributed by atoms with Crippen LogP contribution >= 0.6 is 0 Å². The average Bonchev–Trinajstić information content (AvgIpc) is 1.94. The first-order valence-corrected chi connectivity index (χ1v) is 4.03. The van der Waals surface area contributed by atoms with Crippen molar-refractivity contribution in [1.29, 1.82) is 0 Å². The van der Waals surface area contributed by atoms with E-state index < -0.39 is 0 Å². The molecule has 1 rings (SSSR count). The summed E-state index contributed by atoms with van der Waals surface area (Å²) in [5.41, 5.74) is 0. The predicted octanol–water partition coefficient (Wildman–Crippen LogP) is 0.776. The smallest absolute Gasteiger partial charge is 0.0544 e. The first-order valence-electron chi connectivity index (χ1n) is 4.03. The standard InChI is InChI=1S/C8H16O2/c1-6-2-3-8(10)4-7(6)5-9/h6-10H,2-5H2,1H3. The van der Waals surface area contributed by atoms with E-state index in [0.29, 0.717) is 11.8 Å². The third-order valence-corrected chi connectivity index (χ3v) is 2.57. The van der Waals surface area contributed by atoms with Crippen molar-refractivity contribution in [2.24, 2.45) is 11.8 Å². The van der Waals surface area contributed by atoms with Gasteiger partial charge in [-0.25, -0.2) is 0 Å². The average molecular weight is 144 g/mol. The molecule has 0 saturated heterocycles. The molecule has 1 aliphatic carbocycles. The molecule has 0 aromatic rings. The Balaban J connectivity index is 2.38. The minimum absolute atomic E-state index is 0.159. The highest BCUT2D eigenvalue weighted by Gasteiger charge is 2.25. The van der Waals surface area contributed by atoms with Crippen LogP contribution in [0.3, 0.4) is 0 Å². The zero-order valence-corrected chi connectivity index (χ0v) is 6.45. The van der Waals surface area contributed by atoms with E-state index in [1.165, 1.54) is 0 Å². The van der Waals surface area contributed by atoms with Crippen molar-refractivity contribution in [3.63, 3.8) is 0 Å². The van der Waals surface area contributed by atoms with E-state index in [0.717, 1.165) is 19.3 Å². The van der Waals surface area contributed by atoms with Crippen LogP contribution < -0.4 is 0 Å². The lowest BCUT2D eigenvalue weighted by Crippen LogP contribution is -2.28. The lowest BCUT2D eigenvalue weighted by atomic mass is 9.79. The number of rotatable bonds is 1. The van der Waals surface area contributed by atoms with E-state index in [9.17, 15) is 5.11 Å². The van der Waals surface area contributed by atoms with Gasteiger partial charge >= 0.3 is 0 Å². The SMILES string of the molecule is CC1CCC(O)CC1CO. The second-order valence-electron chi connectivity index (χ2n) is 3.39. The summed E-state index contributed by atoms with van der Waals surface area (Å²) < 4.78 is 0. The molecule has 1 saturated carbocycles. The Hall–Kier alpha value is -0.0800. The van der Waals surface area contributed by atoms with Crippen LogP contribution in [0.5, 0.6) is 0 Å². The zero-order valence-electron chi connectivity index (χ0n) is 6.45. The van der Waals surface area contributed by atoms with Gasteiger partial charge in [0.2, 0.25) is 0 Å². The molecule has 10 heavy (non-hydrogen) atoms. The van der Waals surface area contributed by atoms with E-state index >= 15 is 0 Å². The molecule has 3 unspecified atom stereocenters. The van der Waals surface area contributed by atoms with Gasteiger partial charge in [-0.2, -0.15) is 0 Å². The quantitative estimate of drug-likeness (QED) is 0.571. The van der Waals surface area contributed by atoms with Gasteiger partial charge in [-0.3, -0.25) is 0 Å². The van der Waals surface area contributed by atoms with E-state index in [4.69, 9.17) is 5.11 Å². The van der Waals surface area contributed by atoms with Crippen LogP contribution in [-0.4, -0.2) is 22.9 Å². The number of aliphatic hydroxyl groups excluding tert-OH is 2. The molecule has 2 nitrogen and oxygen atoms in total. The highest BCUT2D eigenvalue weighted by atomic mass is 16.3. The summed E-state index contributed by atoms with van der Waals surface area (Å²) in [6, 6.07) is 0. The minimum atomic E-state index is -0.159. The van der Waals surface area contributed by atoms with Crippen LogP contribution in [0.2, 0.25) is 0 Å². The Morgan fingerprint density at radius 3 is 2.60 bits per heavy atom. The molecule has 1 aliphatic rings. The molecule has 2 N–H and O–H groups in total. The predicted molar refractivity (Wildman–Crippen MR) is 39.6 cm³/mol. The van der Waals surface area contributed by atoms with Crippen LogP contribution in [0.25, 0.3) is 0 Å². The molecular weight excluding hydrogens is 128 g/mol. The van der Waals surface area contributed by atoms with Crippen LogP contribution in [-0.2, 0) is 0 Å². The Kier molecular flexibility index (Phi) is 2.69. The largest absolute Gasteiger partial charge is 0.396 e. The summed E-state index contributed by atoms with van der Waals surface area (Å²) in [5, 5.41) is 18.1. The Morgan fingerprint density at radius 2 is 2.10 bits per heavy atom. The highest BCUT2D eigenvalue weighted by Crippen LogP contribution is 2.29. The van der Waals surface area contributed by atoms with Crippen molar-refractivity contribution >= 4 is 0 Å². The number of hydrogen-bond donors (Lipinski definition) is 2. The second kappa shape index (κ2) is 3.35. The molecule has 0 aliphatic heterocycles. The van der Waals surface area contributed by atoms with Crippen molar-refractivity contribution in [3.05, 3.63) is 0 Å². The van der Waals surface area contributed by atoms with Crippen LogP contribution in [0, 0.1) is 11.8 Å². The molecule has 0 aromatic carbocycles. The van der Waals surface area contributed by atoms with Gasteiger partial charge < -0.3 is 10.2 Å². The fraction of sp³-hybridized carbons (Fsp3) is 1.00. The number of aliphatic hydroxyl groups is 2. The van der Waals surface area contributed by atoms with Gasteiger partial charge in [-0.05, 0) is 31.1 Å². The second-order valence-corrected chi connectivity index (χ2v) is 3.39. The van der Waals surface area contributed by atoms with E-state index in [2.05, 4.69) is 6.92 Å². The third kappa shape index (κ3) is 1.70. The molecule has 3 atom stereocenters. The molecule has 0 heterocycles. The van der Waals surface area contributed by atoms with Gasteiger partial charge in [0.25, 0.3) is 0 Å². The Labute approximate surface area is 61.9 Å². The molecular formula is C8H16O2. The summed E-state index contributed by atoms with van der Waals surface area (Å²) in [6.07, 6.45) is 2.61. The van der Waals surface area contributed by atoms with Crippen molar-refractivity contribution in [3.8, 4) is 0 Å². The molecule has 60 valence electrons. The van der Waals surface area contributed by atoms with Gasteiger partial charge in [0.15, 0.2) is 0 Å². The highest BCUT2D eigenvalue weighted by molar-refractivity contribution is 4.76. The lowest BCUT2D eigenvalue weighted by Gasteiger charge is -2.30. The molecule has 0 radical (unpaired) electrons. The summed E-state index contributed by atoms with van der Waals surface area (Å²) in [5.74, 6) is 0.928. The zero-order chi connectivity index (χ0) is 7.56. The van der Waals surface area contributed by atoms with E-state index in [1.54, 1.807) is 0 Å². The van der Waals surface area contributed by atoms with Gasteiger partial charge in [-0.15, -0.1) is 0 Å². The first-order chi connectivity index (χ1) is 4.74. The van der Waals surface area contributed by atoms with Crippen LogP contribution in [0.4, 0.5) is 0 Å². The van der Waals surface area contributed by atoms with Crippen molar-refractivity contribution < 1.29 is 10.2 Å². The van der Waals surface area contributed by atoms with Gasteiger partial charge in [0.05, 0.1) is 6.10 Å². The van der Waals surface area contributed by atoms with Gasteiger partial charge in [0, 0.05) is 6.61 Å². The molecule has 1 fully saturated rings. The Morgan fingerprint density at radius 1 is 1.40 bits per heavy atom. The molecule has 0 amide bonds. The normalized spacial score (nSPS) is 41.7. The van der Waals surface area contributed by atoms with E-state index in [1.807, 2.05) is 0 Å². The summed E-state index contributed by atoms with van der Waals surface area (Å²) in [4.78, 5) is 0. The molecule has 0 bridgehead atoms. The van der Waals surface area contributed by atoms with Gasteiger partial charge in [-0.1, -0.05) is 6.92 Å². The maximum Gasteiger partial charge on any atom is 0.0544 e. The molecule has 2 heteroatoms. The lowest BCUT2D eigenvalue weighted by molar-refractivity contribution is 0.0465. The third-order valence-electron chi connectivity index (χ3n) is 2.57. The fourth-order valence-corrected chi connectivity index (χ4v) is 1.65. The topological polar surface area (TPSA) is 40.5 Å². The van der Waals surface area contributed by atoms with E-state index in [-0.39, 0.29) is 12.7 Å². The first kappa shape index (κ1) is 8.02. The van der Waals surface area contributed by atoms with Crippen molar-refractivity contribution in [2.45, 2.75) is 32.3 Å². The molecule has 0 spiro atoms. The van der Waals surface area contributed by atoms with Crippen molar-refractivity contribution in [2.75, 3.05) is 6.61 Å². The maximum absolute atomic E-state index is 9.22. The van der Waals surface area contributed by atoms with Gasteiger partial charge in [0.1, 0.15) is 0 Å². The van der Waals surface area contributed by atoms with Crippen LogP contribution in [0.1, 0.15) is 26.2 Å². The summed E-state index contributed by atoms with van der Waals surface area (Å²) >= 11 is 0. The Bertz CT molecular complexity index is 103. The molecule has 0 aromatic heterocycles. The minimum Gasteiger partial charge on any atom is -0.396 e.